The SMILES string of the molecule is Cc1ccc(C2=NN(c3cccc(C)c3)C3C(C)C(C)C(C)C(C)C23)cc1. The van der Waals surface area contributed by atoms with Crippen LogP contribution in [-0.4, -0.2) is 11.8 Å². The maximum absolute atomic E-state index is 5.26. The van der Waals surface area contributed by atoms with Crippen LogP contribution in [0.1, 0.15) is 44.4 Å². The van der Waals surface area contributed by atoms with Gasteiger partial charge in [0.05, 0.1) is 17.4 Å². The molecule has 1 saturated carbocycles. The molecule has 0 spiro atoms. The third-order valence-electron chi connectivity index (χ3n) is 7.39. The summed E-state index contributed by atoms with van der Waals surface area (Å²) in [6.45, 7) is 14.1. The van der Waals surface area contributed by atoms with E-state index in [0.717, 1.165) is 0 Å². The van der Waals surface area contributed by atoms with E-state index in [0.29, 0.717) is 35.6 Å². The van der Waals surface area contributed by atoms with Gasteiger partial charge in [-0.2, -0.15) is 5.10 Å². The Hall–Kier alpha value is -2.09. The van der Waals surface area contributed by atoms with Crippen LogP contribution in [0.5, 0.6) is 0 Å². The zero-order valence-corrected chi connectivity index (χ0v) is 17.5. The van der Waals surface area contributed by atoms with Crippen molar-refractivity contribution in [3.8, 4) is 0 Å². The average Bonchev–Trinajstić information content (AvgIpc) is 3.06. The minimum atomic E-state index is 0.435. The highest BCUT2D eigenvalue weighted by atomic mass is 15.5. The molecule has 2 nitrogen and oxygen atoms in total. The van der Waals surface area contributed by atoms with Gasteiger partial charge in [0.25, 0.3) is 0 Å². The maximum atomic E-state index is 5.26. The summed E-state index contributed by atoms with van der Waals surface area (Å²) in [4.78, 5) is 0. The summed E-state index contributed by atoms with van der Waals surface area (Å²) in [5.74, 6) is 3.11. The first-order valence-electron chi connectivity index (χ1n) is 10.4. The van der Waals surface area contributed by atoms with Gasteiger partial charge in [-0.1, -0.05) is 69.7 Å². The quantitative estimate of drug-likeness (QED) is 0.634. The van der Waals surface area contributed by atoms with Gasteiger partial charge in [-0.15, -0.1) is 0 Å². The van der Waals surface area contributed by atoms with E-state index < -0.39 is 0 Å². The van der Waals surface area contributed by atoms with Crippen LogP contribution >= 0.6 is 0 Å². The fraction of sp³-hybridized carbons (Fsp3) is 0.480. The van der Waals surface area contributed by atoms with Gasteiger partial charge in [-0.3, -0.25) is 5.01 Å². The number of nitrogens with zero attached hydrogens (tertiary/aromatic N) is 2. The normalized spacial score (nSPS) is 33.0. The molecule has 1 heterocycles. The Labute approximate surface area is 164 Å². The topological polar surface area (TPSA) is 15.6 Å². The molecule has 0 radical (unpaired) electrons. The third-order valence-corrected chi connectivity index (χ3v) is 7.39. The van der Waals surface area contributed by atoms with Crippen molar-refractivity contribution in [1.82, 2.24) is 0 Å². The Kier molecular flexibility index (Phi) is 4.61. The number of hydrazone groups is 1. The maximum Gasteiger partial charge on any atom is 0.0737 e. The first-order valence-corrected chi connectivity index (χ1v) is 10.4. The minimum absolute atomic E-state index is 0.435. The molecule has 0 amide bonds. The summed E-state index contributed by atoms with van der Waals surface area (Å²) in [5, 5.41) is 7.61. The molecule has 142 valence electrons. The van der Waals surface area contributed by atoms with Crippen LogP contribution in [-0.2, 0) is 0 Å². The summed E-state index contributed by atoms with van der Waals surface area (Å²) >= 11 is 0. The lowest BCUT2D eigenvalue weighted by atomic mass is 9.60. The molecule has 2 heteroatoms. The second-order valence-electron chi connectivity index (χ2n) is 8.99. The van der Waals surface area contributed by atoms with Gasteiger partial charge in [0.2, 0.25) is 0 Å². The van der Waals surface area contributed by atoms with Crippen molar-refractivity contribution in [3.63, 3.8) is 0 Å². The zero-order valence-electron chi connectivity index (χ0n) is 17.5. The van der Waals surface area contributed by atoms with Crippen LogP contribution in [0.3, 0.4) is 0 Å². The smallest absolute Gasteiger partial charge is 0.0737 e. The highest BCUT2D eigenvalue weighted by Crippen LogP contribution is 2.49. The minimum Gasteiger partial charge on any atom is -0.261 e. The van der Waals surface area contributed by atoms with Gasteiger partial charge in [0, 0.05) is 5.92 Å². The molecule has 2 aromatic rings. The number of rotatable bonds is 2. The summed E-state index contributed by atoms with van der Waals surface area (Å²) < 4.78 is 0. The van der Waals surface area contributed by atoms with Gasteiger partial charge >= 0.3 is 0 Å². The molecular weight excluding hydrogens is 328 g/mol. The van der Waals surface area contributed by atoms with Crippen LogP contribution in [0.2, 0.25) is 0 Å². The van der Waals surface area contributed by atoms with E-state index in [1.165, 1.54) is 28.1 Å². The van der Waals surface area contributed by atoms with Gasteiger partial charge in [-0.05, 0) is 60.8 Å². The Balaban J connectivity index is 1.84. The van der Waals surface area contributed by atoms with E-state index in [-0.39, 0.29) is 0 Å². The molecule has 0 aromatic heterocycles. The number of fused-ring (bicyclic) bond motifs is 1. The highest BCUT2D eigenvalue weighted by molar-refractivity contribution is 6.05. The molecule has 27 heavy (non-hydrogen) atoms. The zero-order chi connectivity index (χ0) is 19.3. The van der Waals surface area contributed by atoms with Crippen molar-refractivity contribution in [3.05, 3.63) is 65.2 Å². The molecule has 2 aliphatic rings. The molecule has 1 aliphatic heterocycles. The Morgan fingerprint density at radius 2 is 1.41 bits per heavy atom. The highest BCUT2D eigenvalue weighted by Gasteiger charge is 2.51. The fourth-order valence-corrected chi connectivity index (χ4v) is 5.24. The van der Waals surface area contributed by atoms with Crippen molar-refractivity contribution in [1.29, 1.82) is 0 Å². The molecule has 4 rings (SSSR count). The Morgan fingerprint density at radius 3 is 2.07 bits per heavy atom. The van der Waals surface area contributed by atoms with Crippen LogP contribution < -0.4 is 5.01 Å². The van der Waals surface area contributed by atoms with Crippen molar-refractivity contribution in [2.75, 3.05) is 5.01 Å². The lowest BCUT2D eigenvalue weighted by Crippen LogP contribution is -2.51. The monoisotopic (exact) mass is 360 g/mol. The summed E-state index contributed by atoms with van der Waals surface area (Å²) in [6.07, 6.45) is 0. The molecule has 1 aliphatic carbocycles. The van der Waals surface area contributed by atoms with E-state index in [2.05, 4.69) is 95.1 Å². The van der Waals surface area contributed by atoms with Crippen LogP contribution in [0, 0.1) is 43.4 Å². The van der Waals surface area contributed by atoms with Gasteiger partial charge < -0.3 is 0 Å². The summed E-state index contributed by atoms with van der Waals surface area (Å²) in [5.41, 5.74) is 6.39. The summed E-state index contributed by atoms with van der Waals surface area (Å²) in [7, 11) is 0. The van der Waals surface area contributed by atoms with E-state index >= 15 is 0 Å². The largest absolute Gasteiger partial charge is 0.261 e. The van der Waals surface area contributed by atoms with E-state index in [1.54, 1.807) is 0 Å². The standard InChI is InChI=1S/C25H32N2/c1-15-10-12-21(13-11-15)24-23-19(5)17(3)18(4)20(6)25(23)27(26-24)22-9-7-8-16(2)14-22/h7-14,17-20,23,25H,1-6H3. The molecule has 0 N–H and O–H groups in total. The molecule has 1 fully saturated rings. The van der Waals surface area contributed by atoms with E-state index in [9.17, 15) is 0 Å². The number of anilines is 1. The van der Waals surface area contributed by atoms with Crippen molar-refractivity contribution >= 4 is 11.4 Å². The van der Waals surface area contributed by atoms with Crippen LogP contribution in [0.4, 0.5) is 5.69 Å². The van der Waals surface area contributed by atoms with Gasteiger partial charge in [0.1, 0.15) is 0 Å². The average molecular weight is 361 g/mol. The first kappa shape index (κ1) is 18.3. The molecule has 6 unspecified atom stereocenters. The number of hydrogen-bond acceptors (Lipinski definition) is 2. The molecular formula is C25H32N2. The van der Waals surface area contributed by atoms with Crippen molar-refractivity contribution in [2.45, 2.75) is 47.6 Å². The van der Waals surface area contributed by atoms with Crippen LogP contribution in [0.25, 0.3) is 0 Å². The van der Waals surface area contributed by atoms with E-state index in [1.807, 2.05) is 0 Å². The Morgan fingerprint density at radius 1 is 0.741 bits per heavy atom. The van der Waals surface area contributed by atoms with Crippen molar-refractivity contribution < 1.29 is 0 Å². The molecule has 0 saturated heterocycles. The predicted molar refractivity (Wildman–Crippen MR) is 115 cm³/mol. The number of hydrogen-bond donors (Lipinski definition) is 0. The summed E-state index contributed by atoms with van der Waals surface area (Å²) in [6, 6.07) is 18.2. The Bertz CT molecular complexity index is 851. The second kappa shape index (κ2) is 6.82. The first-order chi connectivity index (χ1) is 12.9. The van der Waals surface area contributed by atoms with Gasteiger partial charge in [-0.25, -0.2) is 0 Å². The molecule has 6 atom stereocenters. The predicted octanol–water partition coefficient (Wildman–Crippen LogP) is 6.07. The molecule has 2 aromatic carbocycles. The van der Waals surface area contributed by atoms with Crippen molar-refractivity contribution in [2.24, 2.45) is 34.7 Å². The number of benzene rings is 2. The van der Waals surface area contributed by atoms with E-state index in [4.69, 9.17) is 5.10 Å². The number of aryl methyl sites for hydroxylation is 2. The second-order valence-corrected chi connectivity index (χ2v) is 8.99. The lowest BCUT2D eigenvalue weighted by Gasteiger charge is -2.47. The van der Waals surface area contributed by atoms with Gasteiger partial charge in [0.15, 0.2) is 0 Å². The third kappa shape index (κ3) is 2.99. The van der Waals surface area contributed by atoms with Crippen LogP contribution in [0.15, 0.2) is 53.6 Å². The molecule has 0 bridgehead atoms. The lowest BCUT2D eigenvalue weighted by molar-refractivity contribution is 0.0885. The fourth-order valence-electron chi connectivity index (χ4n) is 5.24.